The molecule has 0 aliphatic carbocycles. The van der Waals surface area contributed by atoms with Crippen molar-refractivity contribution in [1.29, 1.82) is 0 Å². The Kier molecular flexibility index (Phi) is 5.96. The molecule has 51 heavy (non-hydrogen) atoms. The van der Waals surface area contributed by atoms with E-state index in [0.29, 0.717) is 0 Å². The number of para-hydroxylation sites is 2. The second-order valence-electron chi connectivity index (χ2n) is 13.4. The minimum Gasteiger partial charge on any atom is -0.309 e. The molecule has 2 aromatic heterocycles. The molecule has 3 nitrogen and oxygen atoms in total. The van der Waals surface area contributed by atoms with E-state index in [1.54, 1.807) is 0 Å². The summed E-state index contributed by atoms with van der Waals surface area (Å²) in [7, 11) is 0. The number of benzene rings is 9. The molecule has 0 radical (unpaired) electrons. The lowest BCUT2D eigenvalue weighted by Crippen LogP contribution is -1.96. The number of nitrogens with zero attached hydrogens (tertiary/aromatic N) is 3. The Morgan fingerprint density at radius 1 is 0.353 bits per heavy atom. The van der Waals surface area contributed by atoms with E-state index in [4.69, 9.17) is 9.97 Å². The fourth-order valence-electron chi connectivity index (χ4n) is 8.25. The summed E-state index contributed by atoms with van der Waals surface area (Å²) in [5.74, 6) is 0.724. The highest BCUT2D eigenvalue weighted by molar-refractivity contribution is 6.29. The lowest BCUT2D eigenvalue weighted by atomic mass is 9.92. The standard InChI is InChI=1S/C48H29N3/c1-3-14-31(15-4-1)47-46-34-18-8-7-13-30(34)24-26-43(46)49-48(50-47)32-23-25-37-39(27-32)35-19-9-10-20-36(35)40-28-42-38-21-11-12-22-44(38)51(45(42)29-41(37)40)33-16-5-2-6-17-33/h1-29H. The first kappa shape index (κ1) is 28.0. The molecule has 9 aromatic carbocycles. The molecule has 0 aliphatic rings. The maximum absolute atomic E-state index is 5.34. The van der Waals surface area contributed by atoms with Crippen molar-refractivity contribution >= 4 is 75.8 Å². The Morgan fingerprint density at radius 2 is 0.980 bits per heavy atom. The molecule has 0 spiro atoms. The molecule has 0 saturated heterocycles. The molecule has 3 heteroatoms. The Hall–Kier alpha value is -6.84. The first-order valence-corrected chi connectivity index (χ1v) is 17.4. The summed E-state index contributed by atoms with van der Waals surface area (Å²) in [6, 6.07) is 63.1. The van der Waals surface area contributed by atoms with Crippen LogP contribution in [0.25, 0.3) is 104 Å². The van der Waals surface area contributed by atoms with Crippen molar-refractivity contribution < 1.29 is 0 Å². The van der Waals surface area contributed by atoms with E-state index in [1.165, 1.54) is 59.5 Å². The van der Waals surface area contributed by atoms with Crippen LogP contribution < -0.4 is 0 Å². The number of hydrogen-bond acceptors (Lipinski definition) is 2. The quantitative estimate of drug-likeness (QED) is 0.179. The normalized spacial score (nSPS) is 11.9. The molecule has 0 saturated carbocycles. The van der Waals surface area contributed by atoms with Crippen LogP contribution in [0.3, 0.4) is 0 Å². The van der Waals surface area contributed by atoms with E-state index in [1.807, 2.05) is 0 Å². The van der Waals surface area contributed by atoms with Gasteiger partial charge in [-0.15, -0.1) is 0 Å². The fraction of sp³-hybridized carbons (Fsp3) is 0. The second kappa shape index (κ2) is 10.8. The minimum atomic E-state index is 0.724. The van der Waals surface area contributed by atoms with Gasteiger partial charge >= 0.3 is 0 Å². The van der Waals surface area contributed by atoms with Gasteiger partial charge in [-0.1, -0.05) is 133 Å². The van der Waals surface area contributed by atoms with Crippen molar-refractivity contribution in [3.63, 3.8) is 0 Å². The maximum atomic E-state index is 5.34. The van der Waals surface area contributed by atoms with Gasteiger partial charge < -0.3 is 4.57 Å². The highest BCUT2D eigenvalue weighted by atomic mass is 15.0. The van der Waals surface area contributed by atoms with Gasteiger partial charge in [0.25, 0.3) is 0 Å². The van der Waals surface area contributed by atoms with Crippen molar-refractivity contribution in [2.45, 2.75) is 0 Å². The molecule has 0 aliphatic heterocycles. The first-order valence-electron chi connectivity index (χ1n) is 17.4. The average molecular weight is 648 g/mol. The third-order valence-corrected chi connectivity index (χ3v) is 10.5. The van der Waals surface area contributed by atoms with Gasteiger partial charge in [0.05, 0.1) is 22.2 Å². The number of hydrogen-bond donors (Lipinski definition) is 0. The molecule has 11 aromatic rings. The summed E-state index contributed by atoms with van der Waals surface area (Å²) in [6.07, 6.45) is 0. The summed E-state index contributed by atoms with van der Waals surface area (Å²) >= 11 is 0. The topological polar surface area (TPSA) is 30.7 Å². The largest absolute Gasteiger partial charge is 0.309 e. The van der Waals surface area contributed by atoms with E-state index in [2.05, 4.69) is 180 Å². The van der Waals surface area contributed by atoms with Crippen LogP contribution in [0, 0.1) is 0 Å². The lowest BCUT2D eigenvalue weighted by molar-refractivity contribution is 1.18. The van der Waals surface area contributed by atoms with Crippen molar-refractivity contribution in [3.05, 3.63) is 176 Å². The molecule has 0 amide bonds. The van der Waals surface area contributed by atoms with Crippen LogP contribution in [-0.2, 0) is 0 Å². The Labute approximate surface area is 293 Å². The maximum Gasteiger partial charge on any atom is 0.160 e. The van der Waals surface area contributed by atoms with E-state index in [-0.39, 0.29) is 0 Å². The Morgan fingerprint density at radius 3 is 1.78 bits per heavy atom. The molecule has 2 heterocycles. The van der Waals surface area contributed by atoms with E-state index in [9.17, 15) is 0 Å². The molecule has 11 rings (SSSR count). The summed E-state index contributed by atoms with van der Waals surface area (Å²) < 4.78 is 2.40. The Bertz CT molecular complexity index is 3180. The smallest absolute Gasteiger partial charge is 0.160 e. The second-order valence-corrected chi connectivity index (χ2v) is 13.4. The van der Waals surface area contributed by atoms with Crippen LogP contribution in [0.4, 0.5) is 0 Å². The summed E-state index contributed by atoms with van der Waals surface area (Å²) in [5, 5.41) is 13.3. The number of fused-ring (bicyclic) bond motifs is 12. The van der Waals surface area contributed by atoms with Crippen molar-refractivity contribution in [1.82, 2.24) is 14.5 Å². The molecule has 236 valence electrons. The first-order chi connectivity index (χ1) is 25.3. The third-order valence-electron chi connectivity index (χ3n) is 10.5. The molecule has 0 fully saturated rings. The van der Waals surface area contributed by atoms with Crippen LogP contribution in [0.1, 0.15) is 0 Å². The molecular weight excluding hydrogens is 619 g/mol. The fourth-order valence-corrected chi connectivity index (χ4v) is 8.25. The highest BCUT2D eigenvalue weighted by Crippen LogP contribution is 2.42. The van der Waals surface area contributed by atoms with E-state index in [0.717, 1.165) is 44.6 Å². The van der Waals surface area contributed by atoms with Crippen molar-refractivity contribution in [3.8, 4) is 28.3 Å². The summed E-state index contributed by atoms with van der Waals surface area (Å²) in [6.45, 7) is 0. The van der Waals surface area contributed by atoms with Gasteiger partial charge in [0.2, 0.25) is 0 Å². The van der Waals surface area contributed by atoms with Gasteiger partial charge in [0, 0.05) is 33.0 Å². The van der Waals surface area contributed by atoms with Crippen LogP contribution >= 0.6 is 0 Å². The van der Waals surface area contributed by atoms with Crippen molar-refractivity contribution in [2.24, 2.45) is 0 Å². The molecule has 0 N–H and O–H groups in total. The van der Waals surface area contributed by atoms with E-state index >= 15 is 0 Å². The van der Waals surface area contributed by atoms with E-state index < -0.39 is 0 Å². The van der Waals surface area contributed by atoms with Gasteiger partial charge in [-0.25, -0.2) is 9.97 Å². The summed E-state index contributed by atoms with van der Waals surface area (Å²) in [4.78, 5) is 10.6. The third kappa shape index (κ3) is 4.19. The molecule has 0 unspecified atom stereocenters. The number of rotatable bonds is 3. The van der Waals surface area contributed by atoms with Crippen LogP contribution in [0.15, 0.2) is 176 Å². The van der Waals surface area contributed by atoms with Gasteiger partial charge in [-0.05, 0) is 85.6 Å². The van der Waals surface area contributed by atoms with Gasteiger partial charge in [0.15, 0.2) is 5.82 Å². The lowest BCUT2D eigenvalue weighted by Gasteiger charge is -2.14. The highest BCUT2D eigenvalue weighted by Gasteiger charge is 2.18. The van der Waals surface area contributed by atoms with Crippen LogP contribution in [0.2, 0.25) is 0 Å². The van der Waals surface area contributed by atoms with Crippen molar-refractivity contribution in [2.75, 3.05) is 0 Å². The average Bonchev–Trinajstić information content (AvgIpc) is 3.53. The van der Waals surface area contributed by atoms with Gasteiger partial charge in [-0.3, -0.25) is 0 Å². The molecule has 0 atom stereocenters. The van der Waals surface area contributed by atoms with Crippen LogP contribution in [-0.4, -0.2) is 14.5 Å². The van der Waals surface area contributed by atoms with Crippen LogP contribution in [0.5, 0.6) is 0 Å². The number of aromatic nitrogens is 3. The molecular formula is C48H29N3. The zero-order chi connectivity index (χ0) is 33.5. The van der Waals surface area contributed by atoms with Gasteiger partial charge in [-0.2, -0.15) is 0 Å². The SMILES string of the molecule is c1ccc(-c2nc(-c3ccc4c(c3)c3ccccc3c3cc5c6ccccc6n(-c6ccccc6)c5cc43)nc3ccc4ccccc4c23)cc1. The molecule has 0 bridgehead atoms. The zero-order valence-electron chi connectivity index (χ0n) is 27.6. The monoisotopic (exact) mass is 647 g/mol. The van der Waals surface area contributed by atoms with Gasteiger partial charge in [0.1, 0.15) is 0 Å². The predicted octanol–water partition coefficient (Wildman–Crippen LogP) is 12.7. The minimum absolute atomic E-state index is 0.724. The zero-order valence-corrected chi connectivity index (χ0v) is 27.6. The predicted molar refractivity (Wildman–Crippen MR) is 215 cm³/mol. The Balaban J connectivity index is 1.21. The summed E-state index contributed by atoms with van der Waals surface area (Å²) in [5.41, 5.74) is 7.54.